The van der Waals surface area contributed by atoms with Gasteiger partial charge in [0, 0.05) is 23.3 Å². The quantitative estimate of drug-likeness (QED) is 0.494. The standard InChI is InChI=1S/C16H15N3O6/c1-8-6-11(4-5-12(8)19(23)24)15(21)18-17-10(3)14-13(20)7-9(2)25-16(14)22/h4-7,20H,1-3H3,(H,18,21)/b17-10-. The normalized spacial score (nSPS) is 11.2. The Morgan fingerprint density at radius 1 is 1.32 bits per heavy atom. The van der Waals surface area contributed by atoms with E-state index in [1.165, 1.54) is 45.0 Å². The summed E-state index contributed by atoms with van der Waals surface area (Å²) >= 11 is 0. The Balaban J connectivity index is 2.24. The second-order valence-electron chi connectivity index (χ2n) is 5.30. The van der Waals surface area contributed by atoms with E-state index >= 15 is 0 Å². The van der Waals surface area contributed by atoms with Gasteiger partial charge in [0.2, 0.25) is 0 Å². The first-order valence-electron chi connectivity index (χ1n) is 7.14. The van der Waals surface area contributed by atoms with Gasteiger partial charge in [0.25, 0.3) is 11.6 Å². The van der Waals surface area contributed by atoms with Crippen LogP contribution in [-0.4, -0.2) is 21.6 Å². The van der Waals surface area contributed by atoms with E-state index in [-0.39, 0.29) is 34.0 Å². The third kappa shape index (κ3) is 3.89. The molecule has 9 nitrogen and oxygen atoms in total. The molecule has 2 rings (SSSR count). The van der Waals surface area contributed by atoms with Crippen molar-refractivity contribution in [2.75, 3.05) is 0 Å². The largest absolute Gasteiger partial charge is 0.507 e. The lowest BCUT2D eigenvalue weighted by Crippen LogP contribution is -2.21. The number of nitrogens with zero attached hydrogens (tertiary/aromatic N) is 2. The van der Waals surface area contributed by atoms with Crippen LogP contribution in [0.25, 0.3) is 0 Å². The van der Waals surface area contributed by atoms with Crippen molar-refractivity contribution in [2.24, 2.45) is 5.10 Å². The fourth-order valence-corrected chi connectivity index (χ4v) is 2.19. The second kappa shape index (κ2) is 6.95. The molecule has 0 aliphatic rings. The topological polar surface area (TPSA) is 135 Å². The number of aromatic hydroxyl groups is 1. The summed E-state index contributed by atoms with van der Waals surface area (Å²) in [5.41, 5.74) is 1.74. The van der Waals surface area contributed by atoms with E-state index in [2.05, 4.69) is 10.5 Å². The Hall–Kier alpha value is -3.49. The first-order chi connectivity index (χ1) is 11.7. The van der Waals surface area contributed by atoms with Crippen LogP contribution in [0.1, 0.15) is 34.2 Å². The maximum Gasteiger partial charge on any atom is 0.348 e. The molecule has 0 aliphatic heterocycles. The number of hydrogen-bond donors (Lipinski definition) is 2. The summed E-state index contributed by atoms with van der Waals surface area (Å²) < 4.78 is 4.88. The van der Waals surface area contributed by atoms with Crippen molar-refractivity contribution < 1.29 is 19.2 Å². The van der Waals surface area contributed by atoms with Crippen molar-refractivity contribution in [3.63, 3.8) is 0 Å². The molecule has 0 bridgehead atoms. The summed E-state index contributed by atoms with van der Waals surface area (Å²) in [5.74, 6) is -0.687. The van der Waals surface area contributed by atoms with Crippen molar-refractivity contribution in [3.05, 3.63) is 67.3 Å². The van der Waals surface area contributed by atoms with Crippen LogP contribution in [-0.2, 0) is 0 Å². The number of benzene rings is 1. The molecule has 0 unspecified atom stereocenters. The number of carbonyl (C=O) groups excluding carboxylic acids is 1. The van der Waals surface area contributed by atoms with Gasteiger partial charge in [-0.25, -0.2) is 10.2 Å². The highest BCUT2D eigenvalue weighted by Crippen LogP contribution is 2.19. The molecule has 9 heteroatoms. The second-order valence-corrected chi connectivity index (χ2v) is 5.30. The lowest BCUT2D eigenvalue weighted by atomic mass is 10.1. The molecule has 0 spiro atoms. The molecule has 1 aromatic heterocycles. The summed E-state index contributed by atoms with van der Waals surface area (Å²) in [7, 11) is 0. The van der Waals surface area contributed by atoms with Crippen LogP contribution in [0.4, 0.5) is 5.69 Å². The van der Waals surface area contributed by atoms with E-state index in [9.17, 15) is 24.8 Å². The minimum absolute atomic E-state index is 0.0539. The van der Waals surface area contributed by atoms with Crippen LogP contribution >= 0.6 is 0 Å². The van der Waals surface area contributed by atoms with E-state index in [0.29, 0.717) is 5.56 Å². The number of amides is 1. The van der Waals surface area contributed by atoms with Gasteiger partial charge in [-0.1, -0.05) is 0 Å². The first-order valence-corrected chi connectivity index (χ1v) is 7.14. The smallest absolute Gasteiger partial charge is 0.348 e. The molecule has 1 amide bonds. The van der Waals surface area contributed by atoms with Gasteiger partial charge in [0.1, 0.15) is 17.1 Å². The molecule has 0 atom stereocenters. The number of aryl methyl sites for hydroxylation is 2. The number of nitrogens with one attached hydrogen (secondary N) is 1. The van der Waals surface area contributed by atoms with E-state index in [0.717, 1.165) is 0 Å². The molecule has 0 radical (unpaired) electrons. The number of hydrazone groups is 1. The lowest BCUT2D eigenvalue weighted by molar-refractivity contribution is -0.385. The maximum absolute atomic E-state index is 12.1. The maximum atomic E-state index is 12.1. The van der Waals surface area contributed by atoms with Crippen LogP contribution in [0.2, 0.25) is 0 Å². The molecular formula is C16H15N3O6. The first kappa shape index (κ1) is 17.9. The van der Waals surface area contributed by atoms with Crippen LogP contribution in [0.3, 0.4) is 0 Å². The van der Waals surface area contributed by atoms with Gasteiger partial charge in [-0.2, -0.15) is 5.10 Å². The summed E-state index contributed by atoms with van der Waals surface area (Å²) in [4.78, 5) is 34.1. The molecule has 0 saturated heterocycles. The Bertz CT molecular complexity index is 945. The average molecular weight is 345 g/mol. The molecular weight excluding hydrogens is 330 g/mol. The number of carbonyl (C=O) groups is 1. The molecule has 0 aliphatic carbocycles. The highest BCUT2D eigenvalue weighted by molar-refractivity contribution is 6.02. The van der Waals surface area contributed by atoms with Crippen molar-refractivity contribution >= 4 is 17.3 Å². The molecule has 25 heavy (non-hydrogen) atoms. The SMILES string of the molecule is C/C(=N/NC(=O)c1ccc([N+](=O)[O-])c(C)c1)c1c(O)cc(C)oc1=O. The highest BCUT2D eigenvalue weighted by Gasteiger charge is 2.15. The van der Waals surface area contributed by atoms with Gasteiger partial charge in [-0.3, -0.25) is 14.9 Å². The molecule has 2 N–H and O–H groups in total. The predicted octanol–water partition coefficient (Wildman–Crippen LogP) is 2.02. The van der Waals surface area contributed by atoms with Gasteiger partial charge in [-0.15, -0.1) is 0 Å². The summed E-state index contributed by atoms with van der Waals surface area (Å²) in [6.45, 7) is 4.44. The van der Waals surface area contributed by atoms with Gasteiger partial charge >= 0.3 is 5.63 Å². The van der Waals surface area contributed by atoms with Crippen molar-refractivity contribution in [3.8, 4) is 5.75 Å². The van der Waals surface area contributed by atoms with E-state index in [1.807, 2.05) is 0 Å². The van der Waals surface area contributed by atoms with Crippen LogP contribution in [0, 0.1) is 24.0 Å². The third-order valence-electron chi connectivity index (χ3n) is 3.40. The number of nitro benzene ring substituents is 1. The van der Waals surface area contributed by atoms with Crippen LogP contribution in [0.15, 0.2) is 38.6 Å². The van der Waals surface area contributed by atoms with Gasteiger partial charge in [0.15, 0.2) is 0 Å². The zero-order valence-corrected chi connectivity index (χ0v) is 13.7. The Kier molecular flexibility index (Phi) is 4.97. The fraction of sp³-hybridized carbons (Fsp3) is 0.188. The molecule has 1 aromatic carbocycles. The number of hydrogen-bond acceptors (Lipinski definition) is 7. The minimum atomic E-state index is -0.779. The van der Waals surface area contributed by atoms with Gasteiger partial charge < -0.3 is 9.52 Å². The Morgan fingerprint density at radius 3 is 2.56 bits per heavy atom. The molecule has 0 saturated carbocycles. The van der Waals surface area contributed by atoms with Crippen molar-refractivity contribution in [2.45, 2.75) is 20.8 Å². The van der Waals surface area contributed by atoms with E-state index < -0.39 is 16.5 Å². The van der Waals surface area contributed by atoms with Crippen molar-refractivity contribution in [1.29, 1.82) is 0 Å². The summed E-state index contributed by atoms with van der Waals surface area (Å²) in [6, 6.07) is 5.14. The van der Waals surface area contributed by atoms with Crippen LogP contribution < -0.4 is 11.1 Å². The van der Waals surface area contributed by atoms with E-state index in [4.69, 9.17) is 4.42 Å². The molecule has 2 aromatic rings. The number of rotatable bonds is 4. The van der Waals surface area contributed by atoms with Crippen molar-refractivity contribution in [1.82, 2.24) is 5.43 Å². The van der Waals surface area contributed by atoms with E-state index in [1.54, 1.807) is 0 Å². The van der Waals surface area contributed by atoms with Gasteiger partial charge in [0.05, 0.1) is 10.6 Å². The monoisotopic (exact) mass is 345 g/mol. The zero-order chi connectivity index (χ0) is 18.7. The number of nitro groups is 1. The molecule has 0 fully saturated rings. The zero-order valence-electron chi connectivity index (χ0n) is 13.7. The average Bonchev–Trinajstić information content (AvgIpc) is 2.51. The summed E-state index contributed by atoms with van der Waals surface area (Å²) in [6.07, 6.45) is 0. The molecule has 130 valence electrons. The lowest BCUT2D eigenvalue weighted by Gasteiger charge is -2.05. The van der Waals surface area contributed by atoms with Gasteiger partial charge in [-0.05, 0) is 32.9 Å². The van der Waals surface area contributed by atoms with Crippen LogP contribution in [0.5, 0.6) is 5.75 Å². The highest BCUT2D eigenvalue weighted by atomic mass is 16.6. The minimum Gasteiger partial charge on any atom is -0.507 e. The third-order valence-corrected chi connectivity index (χ3v) is 3.40. The summed E-state index contributed by atoms with van der Waals surface area (Å²) in [5, 5.41) is 24.4. The fourth-order valence-electron chi connectivity index (χ4n) is 2.19. The predicted molar refractivity (Wildman–Crippen MR) is 88.9 cm³/mol. The Morgan fingerprint density at radius 2 is 2.00 bits per heavy atom. The Labute approximate surface area is 141 Å². The molecule has 1 heterocycles.